The van der Waals surface area contributed by atoms with Gasteiger partial charge in [-0.25, -0.2) is 4.79 Å². The summed E-state index contributed by atoms with van der Waals surface area (Å²) in [6.45, 7) is 0.428. The molecule has 1 heterocycles. The van der Waals surface area contributed by atoms with Gasteiger partial charge < -0.3 is 22.1 Å². The van der Waals surface area contributed by atoms with Crippen molar-refractivity contribution in [2.75, 3.05) is 16.4 Å². The topological polar surface area (TPSA) is 122 Å². The van der Waals surface area contributed by atoms with Crippen molar-refractivity contribution in [3.8, 4) is 11.1 Å². The Bertz CT molecular complexity index is 1190. The highest BCUT2D eigenvalue weighted by Crippen LogP contribution is 2.31. The number of nitrogen functional groups attached to an aromatic ring is 1. The van der Waals surface area contributed by atoms with Crippen molar-refractivity contribution in [3.63, 3.8) is 0 Å². The van der Waals surface area contributed by atoms with Crippen LogP contribution in [0.2, 0.25) is 0 Å². The molecule has 146 valence electrons. The molecule has 0 aliphatic carbocycles. The van der Waals surface area contributed by atoms with Crippen molar-refractivity contribution in [3.05, 3.63) is 70.7 Å². The molecule has 0 bridgehead atoms. The Hall–Kier alpha value is -3.36. The van der Waals surface area contributed by atoms with Crippen LogP contribution < -0.4 is 22.1 Å². The summed E-state index contributed by atoms with van der Waals surface area (Å²) in [6, 6.07) is 18.6. The number of amides is 2. The standard InChI is InChI=1S/C21H19BrN6O/c22-17-10-15(9-6-13(17)11-23)26-21(29)25-14-7-4-12(5-8-14)16-2-1-3-18-19(16)20(24)28-27-18/h1-10H,11,23H2,(H3,24,27,28)(H2,25,26,29). The van der Waals surface area contributed by atoms with Crippen molar-refractivity contribution in [1.29, 1.82) is 0 Å². The molecule has 4 aromatic rings. The number of halogens is 1. The van der Waals surface area contributed by atoms with E-state index >= 15 is 0 Å². The molecule has 0 saturated carbocycles. The number of hydrogen-bond donors (Lipinski definition) is 5. The van der Waals surface area contributed by atoms with Gasteiger partial charge in [-0.1, -0.05) is 46.3 Å². The molecule has 0 aliphatic heterocycles. The molecule has 4 rings (SSSR count). The van der Waals surface area contributed by atoms with E-state index < -0.39 is 0 Å². The van der Waals surface area contributed by atoms with Crippen LogP contribution in [0.15, 0.2) is 65.1 Å². The first kappa shape index (κ1) is 19.0. The highest BCUT2D eigenvalue weighted by molar-refractivity contribution is 9.10. The van der Waals surface area contributed by atoms with Gasteiger partial charge >= 0.3 is 6.03 Å². The maximum absolute atomic E-state index is 12.3. The van der Waals surface area contributed by atoms with Crippen LogP contribution in [0.4, 0.5) is 22.0 Å². The average molecular weight is 451 g/mol. The lowest BCUT2D eigenvalue weighted by atomic mass is 10.0. The number of aromatic nitrogens is 2. The minimum Gasteiger partial charge on any atom is -0.382 e. The SMILES string of the molecule is NCc1ccc(NC(=O)Nc2ccc(-c3cccc4[nH]nc(N)c34)cc2)cc1Br. The highest BCUT2D eigenvalue weighted by Gasteiger charge is 2.10. The summed E-state index contributed by atoms with van der Waals surface area (Å²) in [5.74, 6) is 0.462. The van der Waals surface area contributed by atoms with Gasteiger partial charge in [0.15, 0.2) is 5.82 Å². The Balaban J connectivity index is 1.49. The van der Waals surface area contributed by atoms with Crippen LogP contribution in [0.1, 0.15) is 5.56 Å². The number of H-pyrrole nitrogens is 1. The fourth-order valence-corrected chi connectivity index (χ4v) is 3.70. The third-order valence-corrected chi connectivity index (χ3v) is 5.34. The number of nitrogens with two attached hydrogens (primary N) is 2. The number of fused-ring (bicyclic) bond motifs is 1. The van der Waals surface area contributed by atoms with Crippen LogP contribution in [0.25, 0.3) is 22.0 Å². The number of aromatic amines is 1. The van der Waals surface area contributed by atoms with Crippen molar-refractivity contribution < 1.29 is 4.79 Å². The second kappa shape index (κ2) is 7.94. The maximum Gasteiger partial charge on any atom is 0.323 e. The molecule has 7 nitrogen and oxygen atoms in total. The molecule has 2 amide bonds. The molecule has 7 N–H and O–H groups in total. The normalized spacial score (nSPS) is 10.8. The predicted octanol–water partition coefficient (Wildman–Crippen LogP) is 4.68. The van der Waals surface area contributed by atoms with E-state index in [9.17, 15) is 4.79 Å². The first-order valence-electron chi connectivity index (χ1n) is 8.94. The fraction of sp³-hybridized carbons (Fsp3) is 0.0476. The Morgan fingerprint density at radius 3 is 2.48 bits per heavy atom. The van der Waals surface area contributed by atoms with Gasteiger partial charge in [0.05, 0.1) is 10.9 Å². The molecule has 1 aromatic heterocycles. The van der Waals surface area contributed by atoms with Gasteiger partial charge in [-0.05, 0) is 47.0 Å². The molecular formula is C21H19BrN6O. The molecular weight excluding hydrogens is 432 g/mol. The fourth-order valence-electron chi connectivity index (χ4n) is 3.16. The number of urea groups is 1. The van der Waals surface area contributed by atoms with E-state index in [1.165, 1.54) is 0 Å². The van der Waals surface area contributed by atoms with E-state index in [0.29, 0.717) is 23.7 Å². The Morgan fingerprint density at radius 1 is 1.03 bits per heavy atom. The molecule has 8 heteroatoms. The Labute approximate surface area is 175 Å². The van der Waals surface area contributed by atoms with Gasteiger partial charge in [-0.2, -0.15) is 5.10 Å². The number of carbonyl (C=O) groups is 1. The van der Waals surface area contributed by atoms with Crippen molar-refractivity contribution >= 4 is 50.1 Å². The lowest BCUT2D eigenvalue weighted by Gasteiger charge is -2.10. The summed E-state index contributed by atoms with van der Waals surface area (Å²) in [7, 11) is 0. The smallest absolute Gasteiger partial charge is 0.323 e. The number of hydrogen-bond acceptors (Lipinski definition) is 4. The lowest BCUT2D eigenvalue weighted by molar-refractivity contribution is 0.262. The van der Waals surface area contributed by atoms with Gasteiger partial charge in [-0.3, -0.25) is 5.10 Å². The predicted molar refractivity (Wildman–Crippen MR) is 121 cm³/mol. The van der Waals surface area contributed by atoms with Crippen LogP contribution in [0, 0.1) is 0 Å². The first-order chi connectivity index (χ1) is 14.0. The van der Waals surface area contributed by atoms with Gasteiger partial charge in [0.2, 0.25) is 0 Å². The zero-order chi connectivity index (χ0) is 20.4. The molecule has 0 radical (unpaired) electrons. The third-order valence-electron chi connectivity index (χ3n) is 4.60. The average Bonchev–Trinajstić information content (AvgIpc) is 3.10. The zero-order valence-corrected chi connectivity index (χ0v) is 17.0. The minimum absolute atomic E-state index is 0.327. The van der Waals surface area contributed by atoms with E-state index in [-0.39, 0.29) is 6.03 Å². The second-order valence-electron chi connectivity index (χ2n) is 6.50. The van der Waals surface area contributed by atoms with Gasteiger partial charge in [0.1, 0.15) is 0 Å². The molecule has 0 atom stereocenters. The van der Waals surface area contributed by atoms with Crippen LogP contribution in [0.5, 0.6) is 0 Å². The maximum atomic E-state index is 12.3. The molecule has 0 unspecified atom stereocenters. The first-order valence-corrected chi connectivity index (χ1v) is 9.74. The zero-order valence-electron chi connectivity index (χ0n) is 15.4. The Kier molecular flexibility index (Phi) is 5.20. The van der Waals surface area contributed by atoms with Crippen LogP contribution in [-0.2, 0) is 6.54 Å². The van der Waals surface area contributed by atoms with E-state index in [0.717, 1.165) is 32.1 Å². The van der Waals surface area contributed by atoms with Crippen LogP contribution in [-0.4, -0.2) is 16.2 Å². The number of rotatable bonds is 4. The minimum atomic E-state index is -0.327. The largest absolute Gasteiger partial charge is 0.382 e. The second-order valence-corrected chi connectivity index (χ2v) is 7.36. The van der Waals surface area contributed by atoms with E-state index in [1.54, 1.807) is 0 Å². The lowest BCUT2D eigenvalue weighted by Crippen LogP contribution is -2.19. The number of benzene rings is 3. The summed E-state index contributed by atoms with van der Waals surface area (Å²) >= 11 is 3.45. The summed E-state index contributed by atoms with van der Waals surface area (Å²) in [5.41, 5.74) is 16.8. The summed E-state index contributed by atoms with van der Waals surface area (Å²) in [4.78, 5) is 12.3. The highest BCUT2D eigenvalue weighted by atomic mass is 79.9. The quantitative estimate of drug-likeness (QED) is 0.309. The van der Waals surface area contributed by atoms with E-state index in [4.69, 9.17) is 11.5 Å². The molecule has 29 heavy (non-hydrogen) atoms. The van der Waals surface area contributed by atoms with Crippen molar-refractivity contribution in [2.45, 2.75) is 6.54 Å². The monoisotopic (exact) mass is 450 g/mol. The van der Waals surface area contributed by atoms with Gasteiger partial charge in [0, 0.05) is 22.4 Å². The van der Waals surface area contributed by atoms with Gasteiger partial charge in [0.25, 0.3) is 0 Å². The number of anilines is 3. The number of nitrogens with one attached hydrogen (secondary N) is 3. The number of carbonyl (C=O) groups excluding carboxylic acids is 1. The summed E-state index contributed by atoms with van der Waals surface area (Å²) < 4.78 is 0.856. The van der Waals surface area contributed by atoms with Crippen LogP contribution in [0.3, 0.4) is 0 Å². The molecule has 3 aromatic carbocycles. The molecule has 0 fully saturated rings. The van der Waals surface area contributed by atoms with Crippen molar-refractivity contribution in [2.24, 2.45) is 5.73 Å². The third kappa shape index (κ3) is 3.94. The van der Waals surface area contributed by atoms with E-state index in [2.05, 4.69) is 36.8 Å². The molecule has 0 saturated heterocycles. The summed E-state index contributed by atoms with van der Waals surface area (Å²) in [6.07, 6.45) is 0. The van der Waals surface area contributed by atoms with E-state index in [1.807, 2.05) is 60.7 Å². The number of nitrogens with zero attached hydrogens (tertiary/aromatic N) is 1. The molecule has 0 spiro atoms. The summed E-state index contributed by atoms with van der Waals surface area (Å²) in [5, 5.41) is 13.5. The molecule has 0 aliphatic rings. The van der Waals surface area contributed by atoms with Crippen LogP contribution >= 0.6 is 15.9 Å². The Morgan fingerprint density at radius 2 is 1.76 bits per heavy atom. The van der Waals surface area contributed by atoms with Gasteiger partial charge in [-0.15, -0.1) is 0 Å². The van der Waals surface area contributed by atoms with Crippen molar-refractivity contribution in [1.82, 2.24) is 10.2 Å².